The zero-order chi connectivity index (χ0) is 10.7. The van der Waals surface area contributed by atoms with Crippen LogP contribution in [0.1, 0.15) is 20.8 Å². The molecule has 2 N–H and O–H groups in total. The topological polar surface area (TPSA) is 35.2 Å². The predicted molar refractivity (Wildman–Crippen MR) is 55.7 cm³/mol. The molecule has 0 bridgehead atoms. The molecule has 0 aromatic heterocycles. The Bertz CT molecular complexity index is 292. The fourth-order valence-corrected chi connectivity index (χ4v) is 0.972. The zero-order valence-corrected chi connectivity index (χ0v) is 8.75. The van der Waals surface area contributed by atoms with Crippen molar-refractivity contribution in [1.82, 2.24) is 0 Å². The summed E-state index contributed by atoms with van der Waals surface area (Å²) in [6, 6.07) is 4.54. The third-order valence-corrected chi connectivity index (χ3v) is 2.24. The van der Waals surface area contributed by atoms with Crippen LogP contribution >= 0.6 is 0 Å². The molecule has 3 heteroatoms. The summed E-state index contributed by atoms with van der Waals surface area (Å²) in [4.78, 5) is 0. The smallest absolute Gasteiger partial charge is 0.178 e. The van der Waals surface area contributed by atoms with Crippen LogP contribution < -0.4 is 10.5 Å². The normalized spacial score (nSPS) is 12.9. The third-order valence-electron chi connectivity index (χ3n) is 2.24. The van der Waals surface area contributed by atoms with E-state index in [1.54, 1.807) is 12.1 Å². The first-order chi connectivity index (χ1) is 6.52. The van der Waals surface area contributed by atoms with Crippen LogP contribution in [0.15, 0.2) is 18.2 Å². The highest BCUT2D eigenvalue weighted by molar-refractivity contribution is 5.52. The van der Waals surface area contributed by atoms with Crippen molar-refractivity contribution in [1.29, 1.82) is 0 Å². The van der Waals surface area contributed by atoms with Gasteiger partial charge in [0.25, 0.3) is 0 Å². The van der Waals surface area contributed by atoms with Crippen LogP contribution in [0.25, 0.3) is 0 Å². The van der Waals surface area contributed by atoms with E-state index in [4.69, 9.17) is 10.5 Å². The Balaban J connectivity index is 2.85. The van der Waals surface area contributed by atoms with Gasteiger partial charge in [-0.15, -0.1) is 0 Å². The van der Waals surface area contributed by atoms with Crippen molar-refractivity contribution < 1.29 is 9.13 Å². The molecule has 14 heavy (non-hydrogen) atoms. The number of hydrogen-bond acceptors (Lipinski definition) is 2. The van der Waals surface area contributed by atoms with E-state index in [2.05, 4.69) is 0 Å². The Hall–Kier alpha value is -1.25. The quantitative estimate of drug-likeness (QED) is 0.756. The molecule has 2 nitrogen and oxygen atoms in total. The average Bonchev–Trinajstić information content (AvgIpc) is 2.11. The van der Waals surface area contributed by atoms with Gasteiger partial charge in [-0.25, -0.2) is 4.39 Å². The standard InChI is InChI=1S/C11H16FNO/c1-7(2)8(3)14-11-9(12)5-4-6-10(11)13/h4-8H,13H2,1-3H3. The van der Waals surface area contributed by atoms with Crippen LogP contribution in [0.5, 0.6) is 5.75 Å². The van der Waals surface area contributed by atoms with Crippen molar-refractivity contribution in [2.24, 2.45) is 5.92 Å². The average molecular weight is 197 g/mol. The summed E-state index contributed by atoms with van der Waals surface area (Å²) in [6.45, 7) is 5.93. The summed E-state index contributed by atoms with van der Waals surface area (Å²) in [5, 5.41) is 0. The summed E-state index contributed by atoms with van der Waals surface area (Å²) in [7, 11) is 0. The number of rotatable bonds is 3. The van der Waals surface area contributed by atoms with Gasteiger partial charge < -0.3 is 10.5 Å². The monoisotopic (exact) mass is 197 g/mol. The molecule has 1 aromatic carbocycles. The van der Waals surface area contributed by atoms with Gasteiger partial charge in [-0.3, -0.25) is 0 Å². The summed E-state index contributed by atoms with van der Waals surface area (Å²) in [5.41, 5.74) is 5.95. The number of benzene rings is 1. The van der Waals surface area contributed by atoms with Gasteiger partial charge in [0.1, 0.15) is 0 Å². The van der Waals surface area contributed by atoms with Crippen LogP contribution in [0.2, 0.25) is 0 Å². The zero-order valence-electron chi connectivity index (χ0n) is 8.75. The minimum atomic E-state index is -0.405. The summed E-state index contributed by atoms with van der Waals surface area (Å²) < 4.78 is 18.7. The van der Waals surface area contributed by atoms with Gasteiger partial charge >= 0.3 is 0 Å². The number of hydrogen-bond donors (Lipinski definition) is 1. The van der Waals surface area contributed by atoms with Crippen molar-refractivity contribution in [2.75, 3.05) is 5.73 Å². The van der Waals surface area contributed by atoms with E-state index in [1.165, 1.54) is 6.07 Å². The molecule has 0 amide bonds. The minimum Gasteiger partial charge on any atom is -0.485 e. The van der Waals surface area contributed by atoms with Gasteiger partial charge in [0.2, 0.25) is 0 Å². The van der Waals surface area contributed by atoms with Crippen LogP contribution in [0, 0.1) is 11.7 Å². The van der Waals surface area contributed by atoms with E-state index in [9.17, 15) is 4.39 Å². The molecule has 0 fully saturated rings. The first-order valence-electron chi connectivity index (χ1n) is 4.73. The van der Waals surface area contributed by atoms with E-state index in [-0.39, 0.29) is 11.9 Å². The van der Waals surface area contributed by atoms with E-state index in [0.717, 1.165) is 0 Å². The number of anilines is 1. The highest BCUT2D eigenvalue weighted by Gasteiger charge is 2.13. The molecule has 78 valence electrons. The molecule has 0 saturated carbocycles. The summed E-state index contributed by atoms with van der Waals surface area (Å²) >= 11 is 0. The van der Waals surface area contributed by atoms with E-state index < -0.39 is 5.82 Å². The fourth-order valence-electron chi connectivity index (χ4n) is 0.972. The highest BCUT2D eigenvalue weighted by atomic mass is 19.1. The first kappa shape index (κ1) is 10.8. The molecular formula is C11H16FNO. The molecule has 1 aromatic rings. The molecular weight excluding hydrogens is 181 g/mol. The Morgan fingerprint density at radius 3 is 2.43 bits per heavy atom. The van der Waals surface area contributed by atoms with Gasteiger partial charge in [-0.1, -0.05) is 19.9 Å². The molecule has 0 aliphatic heterocycles. The molecule has 0 aliphatic carbocycles. The van der Waals surface area contributed by atoms with E-state index in [1.807, 2.05) is 20.8 Å². The molecule has 1 rings (SSSR count). The lowest BCUT2D eigenvalue weighted by molar-refractivity contribution is 0.164. The van der Waals surface area contributed by atoms with Crippen molar-refractivity contribution in [2.45, 2.75) is 26.9 Å². The van der Waals surface area contributed by atoms with E-state index in [0.29, 0.717) is 11.6 Å². The molecule has 0 spiro atoms. The maximum atomic E-state index is 13.3. The lowest BCUT2D eigenvalue weighted by Gasteiger charge is -2.19. The Morgan fingerprint density at radius 1 is 1.29 bits per heavy atom. The lowest BCUT2D eigenvalue weighted by atomic mass is 10.1. The summed E-state index contributed by atoms with van der Waals surface area (Å²) in [5.74, 6) is 0.0835. The first-order valence-corrected chi connectivity index (χ1v) is 4.73. The molecule has 0 heterocycles. The molecule has 0 aliphatic rings. The SMILES string of the molecule is CC(C)C(C)Oc1c(N)cccc1F. The van der Waals surface area contributed by atoms with Gasteiger partial charge in [-0.2, -0.15) is 0 Å². The van der Waals surface area contributed by atoms with Crippen LogP contribution in [-0.4, -0.2) is 6.10 Å². The minimum absolute atomic E-state index is 0.0470. The van der Waals surface area contributed by atoms with E-state index >= 15 is 0 Å². The number of nitrogen functional groups attached to an aromatic ring is 1. The number of halogens is 1. The van der Waals surface area contributed by atoms with Gasteiger partial charge in [0, 0.05) is 0 Å². The van der Waals surface area contributed by atoms with Crippen molar-refractivity contribution >= 4 is 5.69 Å². The second-order valence-corrected chi connectivity index (χ2v) is 3.73. The van der Waals surface area contributed by atoms with Crippen LogP contribution in [-0.2, 0) is 0 Å². The highest BCUT2D eigenvalue weighted by Crippen LogP contribution is 2.26. The predicted octanol–water partition coefficient (Wildman–Crippen LogP) is 2.83. The molecule has 0 radical (unpaired) electrons. The lowest BCUT2D eigenvalue weighted by Crippen LogP contribution is -2.19. The van der Waals surface area contributed by atoms with Crippen molar-refractivity contribution in [3.8, 4) is 5.75 Å². The second kappa shape index (κ2) is 4.31. The van der Waals surface area contributed by atoms with Crippen molar-refractivity contribution in [3.63, 3.8) is 0 Å². The molecule has 1 unspecified atom stereocenters. The fraction of sp³-hybridized carbons (Fsp3) is 0.455. The summed E-state index contributed by atoms with van der Waals surface area (Å²) in [6.07, 6.45) is -0.0470. The third kappa shape index (κ3) is 2.37. The largest absolute Gasteiger partial charge is 0.485 e. The molecule has 1 atom stereocenters. The number of nitrogens with two attached hydrogens (primary N) is 1. The van der Waals surface area contributed by atoms with Gasteiger partial charge in [0.15, 0.2) is 11.6 Å². The Kier molecular flexibility index (Phi) is 3.33. The van der Waals surface area contributed by atoms with Gasteiger partial charge in [-0.05, 0) is 25.0 Å². The molecule has 0 saturated heterocycles. The number of ether oxygens (including phenoxy) is 1. The maximum Gasteiger partial charge on any atom is 0.178 e. The maximum absolute atomic E-state index is 13.3. The Labute approximate surface area is 83.9 Å². The van der Waals surface area contributed by atoms with Crippen LogP contribution in [0.4, 0.5) is 10.1 Å². The second-order valence-electron chi connectivity index (χ2n) is 3.73. The van der Waals surface area contributed by atoms with Gasteiger partial charge in [0.05, 0.1) is 11.8 Å². The van der Waals surface area contributed by atoms with Crippen molar-refractivity contribution in [3.05, 3.63) is 24.0 Å². The Morgan fingerprint density at radius 2 is 1.93 bits per heavy atom. The number of para-hydroxylation sites is 1. The van der Waals surface area contributed by atoms with Crippen LogP contribution in [0.3, 0.4) is 0 Å².